The summed E-state index contributed by atoms with van der Waals surface area (Å²) in [6.07, 6.45) is 7.55. The van der Waals surface area contributed by atoms with Gasteiger partial charge in [0.1, 0.15) is 0 Å². The van der Waals surface area contributed by atoms with Crippen LogP contribution in [0.2, 0.25) is 0 Å². The van der Waals surface area contributed by atoms with Gasteiger partial charge < -0.3 is 10.1 Å². The minimum atomic E-state index is -0.0186. The Kier molecular flexibility index (Phi) is 3.05. The predicted molar refractivity (Wildman–Crippen MR) is 72.5 cm³/mol. The Morgan fingerprint density at radius 2 is 2.11 bits per heavy atom. The fraction of sp³-hybridized carbons (Fsp3) is 0.571. The second kappa shape index (κ2) is 4.72. The summed E-state index contributed by atoms with van der Waals surface area (Å²) in [5.41, 5.74) is 0.815. The molecule has 1 saturated heterocycles. The van der Waals surface area contributed by atoms with Crippen LogP contribution in [0.3, 0.4) is 0 Å². The zero-order valence-electron chi connectivity index (χ0n) is 11.2. The summed E-state index contributed by atoms with van der Waals surface area (Å²) < 4.78 is 5.04. The number of amides is 2. The second-order valence-corrected chi connectivity index (χ2v) is 5.42. The summed E-state index contributed by atoms with van der Waals surface area (Å²) in [6.45, 7) is 0.750. The minimum absolute atomic E-state index is 0.00568. The molecule has 5 nitrogen and oxygen atoms in total. The number of pyridine rings is 1. The maximum Gasteiger partial charge on any atom is 0.322 e. The van der Waals surface area contributed by atoms with E-state index in [1.165, 1.54) is 19.3 Å². The van der Waals surface area contributed by atoms with Gasteiger partial charge in [-0.05, 0) is 18.9 Å². The van der Waals surface area contributed by atoms with E-state index in [1.807, 2.05) is 6.07 Å². The van der Waals surface area contributed by atoms with Crippen molar-refractivity contribution in [2.45, 2.75) is 37.6 Å². The van der Waals surface area contributed by atoms with E-state index in [4.69, 9.17) is 4.74 Å². The van der Waals surface area contributed by atoms with Gasteiger partial charge in [-0.2, -0.15) is 0 Å². The molecule has 1 aromatic heterocycles. The standard InChI is InChI=1S/C14H19N3O2/c1-19-12-6-5-11(9-15-12)17-10-14(16-13(17)18)7-3-2-4-8-14/h5-6,9H,2-4,7-8,10H2,1H3,(H,16,18). The highest BCUT2D eigenvalue weighted by molar-refractivity contribution is 5.95. The summed E-state index contributed by atoms with van der Waals surface area (Å²) in [5.74, 6) is 0.565. The molecule has 2 fully saturated rings. The number of carbonyl (C=O) groups excluding carboxylic acids is 1. The summed E-state index contributed by atoms with van der Waals surface area (Å²) in [5, 5.41) is 3.17. The van der Waals surface area contributed by atoms with Crippen molar-refractivity contribution in [3.63, 3.8) is 0 Å². The molecule has 1 N–H and O–H groups in total. The Bertz CT molecular complexity index is 466. The molecule has 0 bridgehead atoms. The number of aromatic nitrogens is 1. The van der Waals surface area contributed by atoms with Gasteiger partial charge in [-0.1, -0.05) is 19.3 Å². The fourth-order valence-corrected chi connectivity index (χ4v) is 3.08. The first-order chi connectivity index (χ1) is 9.22. The van der Waals surface area contributed by atoms with Crippen LogP contribution in [-0.2, 0) is 0 Å². The number of ether oxygens (including phenoxy) is 1. The van der Waals surface area contributed by atoms with Crippen molar-refractivity contribution in [1.82, 2.24) is 10.3 Å². The van der Waals surface area contributed by atoms with Crippen LogP contribution >= 0.6 is 0 Å². The zero-order valence-corrected chi connectivity index (χ0v) is 11.2. The van der Waals surface area contributed by atoms with E-state index in [9.17, 15) is 4.79 Å². The Morgan fingerprint density at radius 3 is 2.74 bits per heavy atom. The van der Waals surface area contributed by atoms with E-state index in [0.29, 0.717) is 5.88 Å². The molecule has 3 rings (SSSR count). The van der Waals surface area contributed by atoms with Crippen LogP contribution in [0.4, 0.5) is 10.5 Å². The molecular weight excluding hydrogens is 242 g/mol. The van der Waals surface area contributed by atoms with E-state index in [-0.39, 0.29) is 11.6 Å². The molecule has 2 aliphatic rings. The number of rotatable bonds is 2. The lowest BCUT2D eigenvalue weighted by Gasteiger charge is -2.32. The van der Waals surface area contributed by atoms with Gasteiger partial charge in [0.2, 0.25) is 5.88 Å². The normalized spacial score (nSPS) is 21.5. The first-order valence-corrected chi connectivity index (χ1v) is 6.82. The third-order valence-electron chi connectivity index (χ3n) is 4.13. The Balaban J connectivity index is 1.79. The molecule has 102 valence electrons. The monoisotopic (exact) mass is 261 g/mol. The Hall–Kier alpha value is -1.78. The fourth-order valence-electron chi connectivity index (χ4n) is 3.08. The van der Waals surface area contributed by atoms with Crippen molar-refractivity contribution in [3.05, 3.63) is 18.3 Å². The van der Waals surface area contributed by atoms with Gasteiger partial charge in [0.25, 0.3) is 0 Å². The molecule has 0 aromatic carbocycles. The smallest absolute Gasteiger partial charge is 0.322 e. The van der Waals surface area contributed by atoms with Gasteiger partial charge >= 0.3 is 6.03 Å². The number of hydrogen-bond acceptors (Lipinski definition) is 3. The van der Waals surface area contributed by atoms with Gasteiger partial charge in [0, 0.05) is 6.07 Å². The first kappa shape index (κ1) is 12.3. The van der Waals surface area contributed by atoms with Crippen molar-refractivity contribution in [2.75, 3.05) is 18.6 Å². The summed E-state index contributed by atoms with van der Waals surface area (Å²) in [6, 6.07) is 3.66. The second-order valence-electron chi connectivity index (χ2n) is 5.42. The Labute approximate surface area is 113 Å². The van der Waals surface area contributed by atoms with Crippen LogP contribution in [0.5, 0.6) is 5.88 Å². The lowest BCUT2D eigenvalue weighted by atomic mass is 9.82. The first-order valence-electron chi connectivity index (χ1n) is 6.82. The summed E-state index contributed by atoms with van der Waals surface area (Å²) in [7, 11) is 1.58. The van der Waals surface area contributed by atoms with Crippen LogP contribution in [0, 0.1) is 0 Å². The number of methoxy groups -OCH3 is 1. The third kappa shape index (κ3) is 2.25. The maximum atomic E-state index is 12.2. The van der Waals surface area contributed by atoms with Crippen molar-refractivity contribution in [1.29, 1.82) is 0 Å². The van der Waals surface area contributed by atoms with Crippen molar-refractivity contribution in [3.8, 4) is 5.88 Å². The maximum absolute atomic E-state index is 12.2. The van der Waals surface area contributed by atoms with E-state index in [2.05, 4.69) is 10.3 Å². The SMILES string of the molecule is COc1ccc(N2CC3(CCCCC3)NC2=O)cn1. The summed E-state index contributed by atoms with van der Waals surface area (Å²) in [4.78, 5) is 18.1. The van der Waals surface area contributed by atoms with E-state index < -0.39 is 0 Å². The average Bonchev–Trinajstić information content (AvgIpc) is 2.76. The highest BCUT2D eigenvalue weighted by Crippen LogP contribution is 2.34. The molecule has 19 heavy (non-hydrogen) atoms. The molecule has 1 aliphatic heterocycles. The molecule has 0 unspecified atom stereocenters. The minimum Gasteiger partial charge on any atom is -0.481 e. The van der Waals surface area contributed by atoms with Crippen LogP contribution in [0.25, 0.3) is 0 Å². The van der Waals surface area contributed by atoms with Crippen LogP contribution in [0.1, 0.15) is 32.1 Å². The number of nitrogens with one attached hydrogen (secondary N) is 1. The van der Waals surface area contributed by atoms with Gasteiger partial charge in [-0.25, -0.2) is 9.78 Å². The molecule has 1 aliphatic carbocycles. The quantitative estimate of drug-likeness (QED) is 0.889. The van der Waals surface area contributed by atoms with E-state index in [1.54, 1.807) is 24.3 Å². The highest BCUT2D eigenvalue weighted by atomic mass is 16.5. The van der Waals surface area contributed by atoms with Gasteiger partial charge in [-0.3, -0.25) is 4.90 Å². The molecule has 0 radical (unpaired) electrons. The topological polar surface area (TPSA) is 54.5 Å². The summed E-state index contributed by atoms with van der Waals surface area (Å²) >= 11 is 0. The third-order valence-corrected chi connectivity index (χ3v) is 4.13. The van der Waals surface area contributed by atoms with Crippen molar-refractivity contribution >= 4 is 11.7 Å². The van der Waals surface area contributed by atoms with Gasteiger partial charge in [0.05, 0.1) is 31.1 Å². The molecule has 0 atom stereocenters. The molecule has 2 amide bonds. The van der Waals surface area contributed by atoms with Crippen LogP contribution in [-0.4, -0.2) is 30.2 Å². The molecule has 1 aromatic rings. The van der Waals surface area contributed by atoms with Gasteiger partial charge in [-0.15, -0.1) is 0 Å². The highest BCUT2D eigenvalue weighted by Gasteiger charge is 2.43. The number of anilines is 1. The van der Waals surface area contributed by atoms with Gasteiger partial charge in [0.15, 0.2) is 0 Å². The van der Waals surface area contributed by atoms with Crippen LogP contribution in [0.15, 0.2) is 18.3 Å². The van der Waals surface area contributed by atoms with Crippen molar-refractivity contribution in [2.24, 2.45) is 0 Å². The lowest BCUT2D eigenvalue weighted by Crippen LogP contribution is -2.44. The molecule has 1 saturated carbocycles. The largest absolute Gasteiger partial charge is 0.481 e. The average molecular weight is 261 g/mol. The van der Waals surface area contributed by atoms with Crippen LogP contribution < -0.4 is 15.0 Å². The van der Waals surface area contributed by atoms with Crippen molar-refractivity contribution < 1.29 is 9.53 Å². The molecular formula is C14H19N3O2. The zero-order chi connectivity index (χ0) is 13.3. The number of urea groups is 1. The molecule has 2 heterocycles. The molecule has 1 spiro atoms. The number of carbonyl (C=O) groups is 1. The number of hydrogen-bond donors (Lipinski definition) is 1. The predicted octanol–water partition coefficient (Wildman–Crippen LogP) is 2.32. The van der Waals surface area contributed by atoms with E-state index >= 15 is 0 Å². The Morgan fingerprint density at radius 1 is 1.32 bits per heavy atom. The molecule has 5 heteroatoms. The number of nitrogens with zero attached hydrogens (tertiary/aromatic N) is 2. The lowest BCUT2D eigenvalue weighted by molar-refractivity contribution is 0.237. The van der Waals surface area contributed by atoms with E-state index in [0.717, 1.165) is 25.1 Å².